The van der Waals surface area contributed by atoms with E-state index in [4.69, 9.17) is 11.6 Å². The number of imide groups is 1. The summed E-state index contributed by atoms with van der Waals surface area (Å²) >= 11 is 8.27. The van der Waals surface area contributed by atoms with Crippen LogP contribution in [0.1, 0.15) is 12.0 Å². The van der Waals surface area contributed by atoms with Crippen LogP contribution in [0.3, 0.4) is 0 Å². The molecule has 0 aliphatic carbocycles. The maximum Gasteiger partial charge on any atom is 0.293 e. The van der Waals surface area contributed by atoms with Gasteiger partial charge in [0.05, 0.1) is 17.1 Å². The summed E-state index contributed by atoms with van der Waals surface area (Å²) in [7, 11) is 0. The minimum atomic E-state index is -0.552. The van der Waals surface area contributed by atoms with Crippen molar-refractivity contribution in [2.24, 2.45) is 0 Å². The molecule has 2 aliphatic rings. The molecule has 0 spiro atoms. The smallest absolute Gasteiger partial charge is 0.293 e. The summed E-state index contributed by atoms with van der Waals surface area (Å²) in [5, 5.41) is 12.7. The predicted molar refractivity (Wildman–Crippen MR) is 104 cm³/mol. The molecule has 1 aromatic rings. The van der Waals surface area contributed by atoms with Crippen LogP contribution < -0.4 is 5.32 Å². The van der Waals surface area contributed by atoms with Crippen LogP contribution in [-0.2, 0) is 9.59 Å². The highest BCUT2D eigenvalue weighted by Crippen LogP contribution is 2.32. The van der Waals surface area contributed by atoms with Crippen molar-refractivity contribution in [1.82, 2.24) is 10.2 Å². The Labute approximate surface area is 164 Å². The molecule has 0 aromatic heterocycles. The van der Waals surface area contributed by atoms with Gasteiger partial charge >= 0.3 is 0 Å². The van der Waals surface area contributed by atoms with E-state index in [1.165, 1.54) is 0 Å². The van der Waals surface area contributed by atoms with Crippen molar-refractivity contribution in [1.29, 1.82) is 0 Å². The van der Waals surface area contributed by atoms with Gasteiger partial charge in [-0.25, -0.2) is 0 Å². The number of aliphatic hydroxyl groups is 1. The van der Waals surface area contributed by atoms with Crippen LogP contribution in [0.15, 0.2) is 29.2 Å². The molecule has 2 heterocycles. The highest BCUT2D eigenvalue weighted by Gasteiger charge is 2.35. The monoisotopic (exact) mass is 412 g/mol. The SMILES string of the molecule is O=C(CCN1C(=O)S/C(=C\c2ccc(Cl)cc2)C1=O)N[C@@H]1CSC[C@@H]1O. The molecule has 2 aliphatic heterocycles. The minimum Gasteiger partial charge on any atom is -0.390 e. The van der Waals surface area contributed by atoms with Crippen molar-refractivity contribution in [3.8, 4) is 0 Å². The van der Waals surface area contributed by atoms with E-state index < -0.39 is 12.0 Å². The van der Waals surface area contributed by atoms with E-state index in [-0.39, 0.29) is 30.2 Å². The predicted octanol–water partition coefficient (Wildman–Crippen LogP) is 2.36. The number of hydrogen-bond acceptors (Lipinski definition) is 6. The standard InChI is InChI=1S/C17H17ClN2O4S2/c18-11-3-1-10(2-4-11)7-14-16(23)20(17(24)26-14)6-5-15(22)19-12-8-25-9-13(12)21/h1-4,7,12-13,21H,5-6,8-9H2,(H,19,22)/b14-7-/t12-,13+/m1/s1. The Kier molecular flexibility index (Phi) is 6.29. The third kappa shape index (κ3) is 4.62. The summed E-state index contributed by atoms with van der Waals surface area (Å²) in [5.74, 6) is 0.582. The molecule has 2 saturated heterocycles. The van der Waals surface area contributed by atoms with E-state index in [1.807, 2.05) is 0 Å². The zero-order valence-electron chi connectivity index (χ0n) is 13.7. The number of aliphatic hydroxyl groups excluding tert-OH is 1. The summed E-state index contributed by atoms with van der Waals surface area (Å²) in [6, 6.07) is 6.66. The van der Waals surface area contributed by atoms with Crippen molar-refractivity contribution in [3.05, 3.63) is 39.8 Å². The van der Waals surface area contributed by atoms with Crippen LogP contribution in [0.5, 0.6) is 0 Å². The maximum absolute atomic E-state index is 12.4. The second-order valence-corrected chi connectivity index (χ2v) is 8.42. The molecule has 0 saturated carbocycles. The minimum absolute atomic E-state index is 0.0140. The lowest BCUT2D eigenvalue weighted by Crippen LogP contribution is -2.43. The van der Waals surface area contributed by atoms with Gasteiger partial charge < -0.3 is 10.4 Å². The first kappa shape index (κ1) is 19.3. The topological polar surface area (TPSA) is 86.7 Å². The molecule has 3 rings (SSSR count). The van der Waals surface area contributed by atoms with Gasteiger partial charge in [-0.3, -0.25) is 19.3 Å². The van der Waals surface area contributed by atoms with Crippen molar-refractivity contribution in [2.75, 3.05) is 18.1 Å². The van der Waals surface area contributed by atoms with Gasteiger partial charge in [0.15, 0.2) is 0 Å². The number of amides is 3. The van der Waals surface area contributed by atoms with Gasteiger partial charge in [0, 0.05) is 29.5 Å². The van der Waals surface area contributed by atoms with Gasteiger partial charge in [0.2, 0.25) is 5.91 Å². The Balaban J connectivity index is 1.57. The number of halogens is 1. The van der Waals surface area contributed by atoms with Gasteiger partial charge in [-0.1, -0.05) is 23.7 Å². The van der Waals surface area contributed by atoms with E-state index in [1.54, 1.807) is 42.1 Å². The van der Waals surface area contributed by atoms with E-state index in [0.29, 0.717) is 21.4 Å². The first-order valence-corrected chi connectivity index (χ1v) is 10.3. The summed E-state index contributed by atoms with van der Waals surface area (Å²) < 4.78 is 0. The fraction of sp³-hybridized carbons (Fsp3) is 0.353. The lowest BCUT2D eigenvalue weighted by Gasteiger charge is -2.17. The number of thioether (sulfide) groups is 2. The van der Waals surface area contributed by atoms with Crippen LogP contribution in [-0.4, -0.2) is 57.3 Å². The number of nitrogens with one attached hydrogen (secondary N) is 1. The van der Waals surface area contributed by atoms with Gasteiger partial charge in [-0.05, 0) is 35.5 Å². The van der Waals surface area contributed by atoms with Crippen LogP contribution in [0.25, 0.3) is 6.08 Å². The lowest BCUT2D eigenvalue weighted by atomic mass is 10.2. The molecule has 9 heteroatoms. The lowest BCUT2D eigenvalue weighted by molar-refractivity contribution is -0.124. The number of rotatable bonds is 5. The van der Waals surface area contributed by atoms with Gasteiger partial charge in [-0.2, -0.15) is 11.8 Å². The number of carbonyl (C=O) groups excluding carboxylic acids is 3. The Morgan fingerprint density at radius 2 is 2.04 bits per heavy atom. The average Bonchev–Trinajstić information content (AvgIpc) is 3.12. The molecule has 0 bridgehead atoms. The highest BCUT2D eigenvalue weighted by atomic mass is 35.5. The quantitative estimate of drug-likeness (QED) is 0.722. The third-order valence-corrected chi connectivity index (χ3v) is 6.33. The van der Waals surface area contributed by atoms with E-state index in [9.17, 15) is 19.5 Å². The van der Waals surface area contributed by atoms with E-state index in [0.717, 1.165) is 22.2 Å². The van der Waals surface area contributed by atoms with Crippen molar-refractivity contribution < 1.29 is 19.5 Å². The van der Waals surface area contributed by atoms with Crippen LogP contribution in [0, 0.1) is 0 Å². The molecule has 3 amide bonds. The van der Waals surface area contributed by atoms with Crippen LogP contribution >= 0.6 is 35.1 Å². The van der Waals surface area contributed by atoms with Gasteiger partial charge in [0.25, 0.3) is 11.1 Å². The molecule has 0 radical (unpaired) electrons. The fourth-order valence-corrected chi connectivity index (χ4v) is 4.74. The first-order valence-electron chi connectivity index (χ1n) is 8.00. The van der Waals surface area contributed by atoms with Crippen molar-refractivity contribution >= 4 is 58.3 Å². The molecule has 2 N–H and O–H groups in total. The number of nitrogens with zero attached hydrogens (tertiary/aromatic N) is 1. The van der Waals surface area contributed by atoms with Crippen LogP contribution in [0.2, 0.25) is 5.02 Å². The summed E-state index contributed by atoms with van der Waals surface area (Å²) in [6.07, 6.45) is 1.09. The molecule has 2 atom stereocenters. The Bertz CT molecular complexity index is 754. The average molecular weight is 413 g/mol. The van der Waals surface area contributed by atoms with E-state index in [2.05, 4.69) is 5.32 Å². The molecular formula is C17H17ClN2O4S2. The zero-order chi connectivity index (χ0) is 18.7. The maximum atomic E-state index is 12.4. The molecule has 138 valence electrons. The summed E-state index contributed by atoms with van der Waals surface area (Å²) in [5.41, 5.74) is 0.769. The Hall–Kier alpha value is -1.48. The number of hydrogen-bond donors (Lipinski definition) is 2. The third-order valence-electron chi connectivity index (χ3n) is 4.00. The van der Waals surface area contributed by atoms with Crippen molar-refractivity contribution in [3.63, 3.8) is 0 Å². The highest BCUT2D eigenvalue weighted by molar-refractivity contribution is 8.18. The van der Waals surface area contributed by atoms with E-state index >= 15 is 0 Å². The Morgan fingerprint density at radius 1 is 1.31 bits per heavy atom. The molecule has 1 aromatic carbocycles. The number of benzene rings is 1. The van der Waals surface area contributed by atoms with Gasteiger partial charge in [0.1, 0.15) is 0 Å². The van der Waals surface area contributed by atoms with Crippen molar-refractivity contribution in [2.45, 2.75) is 18.6 Å². The summed E-state index contributed by atoms with van der Waals surface area (Å²) in [6.45, 7) is 0.0183. The van der Waals surface area contributed by atoms with Crippen LogP contribution in [0.4, 0.5) is 4.79 Å². The molecule has 26 heavy (non-hydrogen) atoms. The normalized spacial score (nSPS) is 24.5. The first-order chi connectivity index (χ1) is 12.4. The summed E-state index contributed by atoms with van der Waals surface area (Å²) in [4.78, 5) is 37.9. The molecule has 2 fully saturated rings. The largest absolute Gasteiger partial charge is 0.390 e. The number of carbonyl (C=O) groups is 3. The molecule has 0 unspecified atom stereocenters. The molecule has 6 nitrogen and oxygen atoms in total. The second kappa shape index (κ2) is 8.47. The van der Waals surface area contributed by atoms with Gasteiger partial charge in [-0.15, -0.1) is 0 Å². The molecular weight excluding hydrogens is 396 g/mol. The Morgan fingerprint density at radius 3 is 2.69 bits per heavy atom. The second-order valence-electron chi connectivity index (χ2n) is 5.91. The zero-order valence-corrected chi connectivity index (χ0v) is 16.1. The fourth-order valence-electron chi connectivity index (χ4n) is 2.58.